The summed E-state index contributed by atoms with van der Waals surface area (Å²) >= 11 is 0. The summed E-state index contributed by atoms with van der Waals surface area (Å²) in [5.41, 5.74) is 4.06. The number of carbonyl (C=O) groups excluding carboxylic acids is 1. The Morgan fingerprint density at radius 2 is 1.65 bits per heavy atom. The fourth-order valence-electron chi connectivity index (χ4n) is 2.45. The number of nitrogens with one attached hydrogen (secondary N) is 2. The molecule has 0 aromatic heterocycles. The second kappa shape index (κ2) is 7.54. The van der Waals surface area contributed by atoms with E-state index in [2.05, 4.69) is 10.6 Å². The molecule has 0 aliphatic carbocycles. The zero-order valence-corrected chi connectivity index (χ0v) is 13.9. The van der Waals surface area contributed by atoms with E-state index in [9.17, 15) is 4.79 Å². The van der Waals surface area contributed by atoms with E-state index in [1.54, 1.807) is 19.2 Å². The molecular weight excluding hydrogens is 292 g/mol. The lowest BCUT2D eigenvalue weighted by Crippen LogP contribution is -2.32. The molecule has 5 nitrogen and oxygen atoms in total. The van der Waals surface area contributed by atoms with Gasteiger partial charge >= 0.3 is 6.03 Å². The second-order valence-corrected chi connectivity index (χ2v) is 5.34. The summed E-state index contributed by atoms with van der Waals surface area (Å²) in [6.07, 6.45) is 0. The molecule has 5 heteroatoms. The topological polar surface area (TPSA) is 59.6 Å². The van der Waals surface area contributed by atoms with Crippen molar-refractivity contribution in [1.82, 2.24) is 5.32 Å². The lowest BCUT2D eigenvalue weighted by Gasteiger charge is -2.14. The maximum Gasteiger partial charge on any atom is 0.321 e. The van der Waals surface area contributed by atoms with Gasteiger partial charge in [0.25, 0.3) is 0 Å². The zero-order chi connectivity index (χ0) is 16.8. The number of aryl methyl sites for hydroxylation is 3. The first-order valence-electron chi connectivity index (χ1n) is 7.39. The third kappa shape index (κ3) is 4.39. The Morgan fingerprint density at radius 3 is 2.26 bits per heavy atom. The van der Waals surface area contributed by atoms with Gasteiger partial charge in [-0.05, 0) is 44.0 Å². The van der Waals surface area contributed by atoms with Crippen molar-refractivity contribution in [3.8, 4) is 11.5 Å². The molecule has 2 N–H and O–H groups in total. The number of urea groups is 1. The lowest BCUT2D eigenvalue weighted by molar-refractivity contribution is 0.231. The second-order valence-electron chi connectivity index (χ2n) is 5.34. The maximum absolute atomic E-state index is 12.0. The van der Waals surface area contributed by atoms with Crippen LogP contribution in [0.4, 0.5) is 10.5 Å². The molecule has 0 fully saturated rings. The van der Waals surface area contributed by atoms with E-state index < -0.39 is 0 Å². The van der Waals surface area contributed by atoms with Gasteiger partial charge in [0.05, 0.1) is 7.11 Å². The first-order valence-corrected chi connectivity index (χ1v) is 7.39. The third-order valence-corrected chi connectivity index (χ3v) is 3.45. The predicted molar refractivity (Wildman–Crippen MR) is 91.3 cm³/mol. The Morgan fingerprint density at radius 1 is 1.04 bits per heavy atom. The van der Waals surface area contributed by atoms with E-state index in [0.717, 1.165) is 16.8 Å². The minimum absolute atomic E-state index is 0.0517. The summed E-state index contributed by atoms with van der Waals surface area (Å²) in [5, 5.41) is 5.53. The van der Waals surface area contributed by atoms with Crippen LogP contribution in [0, 0.1) is 20.8 Å². The van der Waals surface area contributed by atoms with Crippen molar-refractivity contribution in [3.63, 3.8) is 0 Å². The van der Waals surface area contributed by atoms with E-state index >= 15 is 0 Å². The number of benzene rings is 2. The van der Waals surface area contributed by atoms with E-state index in [1.807, 2.05) is 45.0 Å². The van der Waals surface area contributed by atoms with E-state index in [0.29, 0.717) is 11.5 Å². The molecule has 2 rings (SSSR count). The molecule has 0 saturated heterocycles. The van der Waals surface area contributed by atoms with Crippen LogP contribution in [0.25, 0.3) is 0 Å². The van der Waals surface area contributed by atoms with Crippen LogP contribution >= 0.6 is 0 Å². The highest BCUT2D eigenvalue weighted by molar-refractivity contribution is 5.91. The van der Waals surface area contributed by atoms with E-state index in [-0.39, 0.29) is 12.8 Å². The number of hydrogen-bond acceptors (Lipinski definition) is 3. The van der Waals surface area contributed by atoms with Gasteiger partial charge in [-0.3, -0.25) is 0 Å². The molecule has 0 radical (unpaired) electrons. The van der Waals surface area contributed by atoms with E-state index in [4.69, 9.17) is 9.47 Å². The predicted octanol–water partition coefficient (Wildman–Crippen LogP) is 3.78. The Balaban J connectivity index is 1.91. The van der Waals surface area contributed by atoms with Crippen LogP contribution in [0.5, 0.6) is 11.5 Å². The Hall–Kier alpha value is -2.69. The van der Waals surface area contributed by atoms with Crippen LogP contribution in [-0.2, 0) is 0 Å². The van der Waals surface area contributed by atoms with Crippen LogP contribution in [0.2, 0.25) is 0 Å². The Bertz CT molecular complexity index is 675. The van der Waals surface area contributed by atoms with Gasteiger partial charge in [-0.2, -0.15) is 0 Å². The molecule has 0 spiro atoms. The quantitative estimate of drug-likeness (QED) is 0.826. The maximum atomic E-state index is 12.0. The number of amides is 2. The molecular formula is C18H22N2O3. The molecule has 0 bridgehead atoms. The van der Waals surface area contributed by atoms with Gasteiger partial charge in [0.2, 0.25) is 0 Å². The van der Waals surface area contributed by atoms with Gasteiger partial charge in [0.15, 0.2) is 18.2 Å². The summed E-state index contributed by atoms with van der Waals surface area (Å²) in [4.78, 5) is 12.0. The van der Waals surface area contributed by atoms with Crippen molar-refractivity contribution in [3.05, 3.63) is 53.1 Å². The van der Waals surface area contributed by atoms with Crippen molar-refractivity contribution in [2.45, 2.75) is 20.8 Å². The van der Waals surface area contributed by atoms with Crippen LogP contribution in [0.15, 0.2) is 36.4 Å². The molecule has 2 aromatic carbocycles. The number of hydrogen-bond donors (Lipinski definition) is 2. The van der Waals surface area contributed by atoms with Gasteiger partial charge in [-0.1, -0.05) is 29.8 Å². The highest BCUT2D eigenvalue weighted by Crippen LogP contribution is 2.25. The number of ether oxygens (including phenoxy) is 2. The molecule has 2 amide bonds. The molecule has 0 heterocycles. The minimum Gasteiger partial charge on any atom is -0.493 e. The largest absolute Gasteiger partial charge is 0.493 e. The Kier molecular flexibility index (Phi) is 5.46. The van der Waals surface area contributed by atoms with Crippen molar-refractivity contribution in [1.29, 1.82) is 0 Å². The first-order chi connectivity index (χ1) is 11.0. The summed E-state index contributed by atoms with van der Waals surface area (Å²) in [5.74, 6) is 1.21. The van der Waals surface area contributed by atoms with Crippen LogP contribution in [-0.4, -0.2) is 19.9 Å². The van der Waals surface area contributed by atoms with Crippen LogP contribution < -0.4 is 20.1 Å². The third-order valence-electron chi connectivity index (χ3n) is 3.45. The summed E-state index contributed by atoms with van der Waals surface area (Å²) in [6.45, 7) is 6.03. The SMILES string of the molecule is COc1ccccc1OCNC(=O)Nc1c(C)cc(C)cc1C. The summed E-state index contributed by atoms with van der Waals surface area (Å²) in [7, 11) is 1.57. The normalized spacial score (nSPS) is 10.1. The van der Waals surface area contributed by atoms with Crippen LogP contribution in [0.3, 0.4) is 0 Å². The van der Waals surface area contributed by atoms with Crippen molar-refractivity contribution in [2.75, 3.05) is 19.2 Å². The molecule has 23 heavy (non-hydrogen) atoms. The zero-order valence-electron chi connectivity index (χ0n) is 13.9. The number of carbonyl (C=O) groups is 1. The number of anilines is 1. The lowest BCUT2D eigenvalue weighted by atomic mass is 10.1. The first kappa shape index (κ1) is 16.7. The number of methoxy groups -OCH3 is 1. The van der Waals surface area contributed by atoms with Crippen molar-refractivity contribution in [2.24, 2.45) is 0 Å². The van der Waals surface area contributed by atoms with Gasteiger partial charge in [0.1, 0.15) is 0 Å². The smallest absolute Gasteiger partial charge is 0.321 e. The highest BCUT2D eigenvalue weighted by atomic mass is 16.5. The molecule has 0 aliphatic heterocycles. The molecule has 0 atom stereocenters. The van der Waals surface area contributed by atoms with Gasteiger partial charge in [0, 0.05) is 5.69 Å². The fourth-order valence-corrected chi connectivity index (χ4v) is 2.45. The number of rotatable bonds is 5. The summed E-state index contributed by atoms with van der Waals surface area (Å²) in [6, 6.07) is 11.0. The van der Waals surface area contributed by atoms with Gasteiger partial charge in [-0.25, -0.2) is 4.79 Å². The monoisotopic (exact) mass is 314 g/mol. The average molecular weight is 314 g/mol. The fraction of sp³-hybridized carbons (Fsp3) is 0.278. The molecule has 0 saturated carbocycles. The minimum atomic E-state index is -0.310. The van der Waals surface area contributed by atoms with Gasteiger partial charge < -0.3 is 20.1 Å². The van der Waals surface area contributed by atoms with Crippen LogP contribution in [0.1, 0.15) is 16.7 Å². The molecule has 0 unspecified atom stereocenters. The number of para-hydroxylation sites is 2. The summed E-state index contributed by atoms with van der Waals surface area (Å²) < 4.78 is 10.7. The molecule has 2 aromatic rings. The van der Waals surface area contributed by atoms with Gasteiger partial charge in [-0.15, -0.1) is 0 Å². The molecule has 0 aliphatic rings. The average Bonchev–Trinajstić information content (AvgIpc) is 2.51. The highest BCUT2D eigenvalue weighted by Gasteiger charge is 2.08. The van der Waals surface area contributed by atoms with E-state index in [1.165, 1.54) is 5.56 Å². The van der Waals surface area contributed by atoms with Crippen molar-refractivity contribution < 1.29 is 14.3 Å². The molecule has 122 valence electrons. The van der Waals surface area contributed by atoms with Crippen molar-refractivity contribution >= 4 is 11.7 Å². The standard InChI is InChI=1S/C18H22N2O3/c1-12-9-13(2)17(14(3)10-12)20-18(21)19-11-23-16-8-6-5-7-15(16)22-4/h5-10H,11H2,1-4H3,(H2,19,20,21). The Labute approximate surface area is 136 Å².